The van der Waals surface area contributed by atoms with E-state index >= 15 is 0 Å². The molecule has 0 aromatic heterocycles. The highest BCUT2D eigenvalue weighted by atomic mass is 16.5. The van der Waals surface area contributed by atoms with Gasteiger partial charge in [-0.1, -0.05) is 45.8 Å². The largest absolute Gasteiger partial charge is 0.462 e. The maximum absolute atomic E-state index is 13.0. The van der Waals surface area contributed by atoms with Crippen LogP contribution in [0.3, 0.4) is 0 Å². The highest BCUT2D eigenvalue weighted by Gasteiger charge is 2.39. The van der Waals surface area contributed by atoms with Crippen LogP contribution in [0.1, 0.15) is 79.6 Å². The van der Waals surface area contributed by atoms with Gasteiger partial charge in [0.2, 0.25) is 0 Å². The van der Waals surface area contributed by atoms with Crippen LogP contribution in [0.15, 0.2) is 11.6 Å². The molecule has 0 radical (unpaired) electrons. The molecule has 0 saturated carbocycles. The number of esters is 1. The molecule has 8 atom stereocenters. The molecule has 0 aromatic rings. The maximum Gasteiger partial charge on any atom is 0.312 e. The summed E-state index contributed by atoms with van der Waals surface area (Å²) in [6.45, 7) is 10.2. The van der Waals surface area contributed by atoms with Gasteiger partial charge in [0.25, 0.3) is 0 Å². The van der Waals surface area contributed by atoms with E-state index < -0.39 is 24.2 Å². The molecule has 1 fully saturated rings. The minimum atomic E-state index is -0.819. The second-order valence-electron chi connectivity index (χ2n) is 10.1. The second kappa shape index (κ2) is 10.9. The fraction of sp³-hybridized carbons (Fsp3) is 0.875. The van der Waals surface area contributed by atoms with Crippen LogP contribution in [0.25, 0.3) is 0 Å². The van der Waals surface area contributed by atoms with Crippen molar-refractivity contribution < 1.29 is 24.9 Å². The molecular weight excluding hydrogens is 368 g/mol. The molecule has 0 bridgehead atoms. The summed E-state index contributed by atoms with van der Waals surface area (Å²) in [7, 11) is 0. The molecule has 1 aliphatic heterocycles. The Morgan fingerprint density at radius 1 is 1.03 bits per heavy atom. The molecule has 1 aliphatic carbocycles. The Bertz CT molecular complexity index is 557. The fourth-order valence-corrected chi connectivity index (χ4v) is 4.89. The Hall–Kier alpha value is -0.910. The molecular formula is C24H42O5. The molecule has 2 aliphatic rings. The smallest absolute Gasteiger partial charge is 0.312 e. The first-order valence-electron chi connectivity index (χ1n) is 11.5. The summed E-state index contributed by atoms with van der Waals surface area (Å²) in [5.41, 5.74) is 1.21. The zero-order valence-electron chi connectivity index (χ0n) is 18.9. The van der Waals surface area contributed by atoms with Crippen molar-refractivity contribution in [1.29, 1.82) is 0 Å². The van der Waals surface area contributed by atoms with Crippen LogP contribution in [0.4, 0.5) is 0 Å². The topological polar surface area (TPSA) is 87.0 Å². The number of allylic oxidation sites excluding steroid dienone is 1. The van der Waals surface area contributed by atoms with Crippen LogP contribution in [0, 0.1) is 29.6 Å². The predicted molar refractivity (Wildman–Crippen MR) is 114 cm³/mol. The number of cyclic esters (lactones) is 1. The normalized spacial score (nSPS) is 40.6. The number of rotatable bonds is 2. The number of aliphatic hydroxyl groups is 3. The third kappa shape index (κ3) is 6.80. The van der Waals surface area contributed by atoms with Crippen molar-refractivity contribution in [2.45, 2.75) is 104 Å². The molecule has 1 saturated heterocycles. The summed E-state index contributed by atoms with van der Waals surface area (Å²) in [5.74, 6) is -0.196. The maximum atomic E-state index is 13.0. The lowest BCUT2D eigenvalue weighted by Crippen LogP contribution is -2.41. The molecule has 5 heteroatoms. The number of aliphatic hydroxyl groups excluding tert-OH is 3. The highest BCUT2D eigenvalue weighted by Crippen LogP contribution is 2.38. The number of carbonyl (C=O) groups excluding carboxylic acids is 1. The summed E-state index contributed by atoms with van der Waals surface area (Å²) < 4.78 is 5.81. The summed E-state index contributed by atoms with van der Waals surface area (Å²) in [4.78, 5) is 13.0. The second-order valence-corrected chi connectivity index (χ2v) is 10.1. The average molecular weight is 411 g/mol. The zero-order chi connectivity index (χ0) is 21.7. The number of fused-ring (bicyclic) bond motifs is 1. The Morgan fingerprint density at radius 2 is 1.69 bits per heavy atom. The molecule has 29 heavy (non-hydrogen) atoms. The van der Waals surface area contributed by atoms with E-state index in [9.17, 15) is 20.1 Å². The molecule has 1 heterocycles. The van der Waals surface area contributed by atoms with Crippen LogP contribution in [0.5, 0.6) is 0 Å². The van der Waals surface area contributed by atoms with Gasteiger partial charge in [0.1, 0.15) is 6.10 Å². The lowest BCUT2D eigenvalue weighted by Gasteiger charge is -2.36. The van der Waals surface area contributed by atoms with Crippen molar-refractivity contribution in [2.75, 3.05) is 0 Å². The van der Waals surface area contributed by atoms with Crippen molar-refractivity contribution >= 4 is 5.97 Å². The first kappa shape index (κ1) is 24.4. The van der Waals surface area contributed by atoms with Crippen LogP contribution >= 0.6 is 0 Å². The van der Waals surface area contributed by atoms with Gasteiger partial charge in [0, 0.05) is 0 Å². The van der Waals surface area contributed by atoms with Crippen molar-refractivity contribution in [1.82, 2.24) is 0 Å². The molecule has 2 rings (SSSR count). The van der Waals surface area contributed by atoms with E-state index in [2.05, 4.69) is 20.8 Å². The first-order chi connectivity index (χ1) is 13.6. The zero-order valence-corrected chi connectivity index (χ0v) is 18.9. The monoisotopic (exact) mass is 410 g/mol. The standard InChI is InChI=1S/C24H42O5/c1-14(2)11-18-12-19-7-6-8-20(25)23(27)16(4)10-9-15(3)17(5)29-24(28)22(19)21(26)13-18/h13-17,19-23,25-27H,6-12H2,1-5H3/t15-,16?,17?,19?,20?,21?,22?,23+/m0/s1. The highest BCUT2D eigenvalue weighted by molar-refractivity contribution is 5.74. The molecule has 6 unspecified atom stereocenters. The van der Waals surface area contributed by atoms with Crippen LogP contribution in [-0.2, 0) is 9.53 Å². The van der Waals surface area contributed by atoms with Gasteiger partial charge in [-0.05, 0) is 69.1 Å². The Morgan fingerprint density at radius 3 is 2.34 bits per heavy atom. The number of hydrogen-bond donors (Lipinski definition) is 3. The van der Waals surface area contributed by atoms with Gasteiger partial charge in [-0.2, -0.15) is 0 Å². The molecule has 3 N–H and O–H groups in total. The minimum Gasteiger partial charge on any atom is -0.462 e. The van der Waals surface area contributed by atoms with Gasteiger partial charge in [-0.25, -0.2) is 0 Å². The lowest BCUT2D eigenvalue weighted by atomic mass is 9.73. The molecule has 5 nitrogen and oxygen atoms in total. The van der Waals surface area contributed by atoms with E-state index in [1.807, 2.05) is 19.9 Å². The van der Waals surface area contributed by atoms with E-state index in [0.29, 0.717) is 18.8 Å². The number of ether oxygens (including phenoxy) is 1. The van der Waals surface area contributed by atoms with Crippen LogP contribution in [0.2, 0.25) is 0 Å². The molecule has 0 aromatic carbocycles. The van der Waals surface area contributed by atoms with Gasteiger partial charge in [0.15, 0.2) is 0 Å². The molecule has 0 amide bonds. The Kier molecular flexibility index (Phi) is 9.17. The van der Waals surface area contributed by atoms with E-state index in [0.717, 1.165) is 32.1 Å². The van der Waals surface area contributed by atoms with Gasteiger partial charge < -0.3 is 20.1 Å². The van der Waals surface area contributed by atoms with Crippen molar-refractivity contribution in [3.05, 3.63) is 11.6 Å². The quantitative estimate of drug-likeness (QED) is 0.475. The Labute approximate surface area is 176 Å². The summed E-state index contributed by atoms with van der Waals surface area (Å²) >= 11 is 0. The first-order valence-corrected chi connectivity index (χ1v) is 11.5. The third-order valence-corrected chi connectivity index (χ3v) is 6.98. The van der Waals surface area contributed by atoms with Gasteiger partial charge in [-0.3, -0.25) is 4.79 Å². The molecule has 0 spiro atoms. The SMILES string of the molecule is CC(C)CC1=CC(O)C2C(=O)OC(C)[C@@H](C)CCC(C)[C@@H](O)C(O)CCCC2C1. The summed E-state index contributed by atoms with van der Waals surface area (Å²) in [6, 6.07) is 0. The van der Waals surface area contributed by atoms with Gasteiger partial charge in [-0.15, -0.1) is 0 Å². The Balaban J connectivity index is 2.22. The summed E-state index contributed by atoms with van der Waals surface area (Å²) in [5, 5.41) is 31.7. The predicted octanol–water partition coefficient (Wildman–Crippen LogP) is 3.85. The number of hydrogen-bond acceptors (Lipinski definition) is 5. The fourth-order valence-electron chi connectivity index (χ4n) is 4.89. The van der Waals surface area contributed by atoms with Gasteiger partial charge >= 0.3 is 5.97 Å². The van der Waals surface area contributed by atoms with Crippen molar-refractivity contribution in [2.24, 2.45) is 29.6 Å². The number of carbonyl (C=O) groups is 1. The van der Waals surface area contributed by atoms with Crippen molar-refractivity contribution in [3.8, 4) is 0 Å². The van der Waals surface area contributed by atoms with Gasteiger partial charge in [0.05, 0.1) is 24.2 Å². The van der Waals surface area contributed by atoms with Crippen molar-refractivity contribution in [3.63, 3.8) is 0 Å². The van der Waals surface area contributed by atoms with Crippen LogP contribution in [-0.4, -0.2) is 45.7 Å². The molecule has 168 valence electrons. The minimum absolute atomic E-state index is 0.00289. The van der Waals surface area contributed by atoms with E-state index in [1.165, 1.54) is 5.57 Å². The average Bonchev–Trinajstić information content (AvgIpc) is 2.63. The third-order valence-electron chi connectivity index (χ3n) is 6.98. The lowest BCUT2D eigenvalue weighted by molar-refractivity contribution is -0.162. The van der Waals surface area contributed by atoms with E-state index in [-0.39, 0.29) is 29.8 Å². The van der Waals surface area contributed by atoms with E-state index in [1.54, 1.807) is 0 Å². The van der Waals surface area contributed by atoms with Crippen LogP contribution < -0.4 is 0 Å². The summed E-state index contributed by atoms with van der Waals surface area (Å²) in [6.07, 6.45) is 4.57. The van der Waals surface area contributed by atoms with E-state index in [4.69, 9.17) is 4.74 Å².